The maximum absolute atomic E-state index is 4.26. The molecule has 0 aliphatic heterocycles. The van der Waals surface area contributed by atoms with E-state index in [0.29, 0.717) is 5.82 Å². The lowest BCUT2D eigenvalue weighted by Crippen LogP contribution is -1.99. The fraction of sp³-hybridized carbons (Fsp3) is 0. The van der Waals surface area contributed by atoms with Gasteiger partial charge in [0.25, 0.3) is 0 Å². The monoisotopic (exact) mass is 223 g/mol. The normalized spacial score (nSPS) is 10.4. The first-order valence-corrected chi connectivity index (χ1v) is 5.18. The molecule has 0 spiro atoms. The van der Waals surface area contributed by atoms with Gasteiger partial charge in [0.2, 0.25) is 0 Å². The summed E-state index contributed by atoms with van der Waals surface area (Å²) in [7, 11) is 0. The fourth-order valence-corrected chi connectivity index (χ4v) is 1.57. The van der Waals surface area contributed by atoms with Crippen LogP contribution in [0.25, 0.3) is 17.3 Å². The van der Waals surface area contributed by atoms with Crippen molar-refractivity contribution in [3.63, 3.8) is 0 Å². The summed E-state index contributed by atoms with van der Waals surface area (Å²) in [4.78, 5) is 8.52. The molecule has 0 aliphatic carbocycles. The van der Waals surface area contributed by atoms with Crippen LogP contribution in [0.1, 0.15) is 0 Å². The molecule has 17 heavy (non-hydrogen) atoms. The second-order valence-corrected chi connectivity index (χ2v) is 3.43. The van der Waals surface area contributed by atoms with Crippen molar-refractivity contribution < 1.29 is 0 Å². The first-order valence-electron chi connectivity index (χ1n) is 5.18. The lowest BCUT2D eigenvalue weighted by atomic mass is 10.3. The first kappa shape index (κ1) is 9.65. The highest BCUT2D eigenvalue weighted by Crippen LogP contribution is 2.16. The Kier molecular flexibility index (Phi) is 2.34. The van der Waals surface area contributed by atoms with Gasteiger partial charge in [-0.2, -0.15) is 0 Å². The van der Waals surface area contributed by atoms with Gasteiger partial charge < -0.3 is 0 Å². The van der Waals surface area contributed by atoms with Crippen molar-refractivity contribution in [1.29, 1.82) is 0 Å². The van der Waals surface area contributed by atoms with E-state index >= 15 is 0 Å². The number of rotatable bonds is 2. The summed E-state index contributed by atoms with van der Waals surface area (Å²) in [6.45, 7) is 0. The van der Waals surface area contributed by atoms with E-state index in [9.17, 15) is 0 Å². The van der Waals surface area contributed by atoms with E-state index in [1.54, 1.807) is 18.7 Å². The summed E-state index contributed by atoms with van der Waals surface area (Å²) in [6.07, 6.45) is 5.09. The van der Waals surface area contributed by atoms with Crippen molar-refractivity contribution in [2.45, 2.75) is 0 Å². The summed E-state index contributed by atoms with van der Waals surface area (Å²) < 4.78 is 1.81. The van der Waals surface area contributed by atoms with E-state index in [2.05, 4.69) is 20.2 Å². The van der Waals surface area contributed by atoms with E-state index in [1.165, 1.54) is 0 Å². The molecule has 0 fully saturated rings. The summed E-state index contributed by atoms with van der Waals surface area (Å²) >= 11 is 0. The lowest BCUT2D eigenvalue weighted by Gasteiger charge is -2.03. The van der Waals surface area contributed by atoms with Crippen LogP contribution in [0, 0.1) is 0 Å². The van der Waals surface area contributed by atoms with Gasteiger partial charge in [0.1, 0.15) is 17.8 Å². The number of nitrogens with zero attached hydrogens (tertiary/aromatic N) is 5. The van der Waals surface area contributed by atoms with Crippen LogP contribution < -0.4 is 0 Å². The van der Waals surface area contributed by atoms with Gasteiger partial charge in [-0.25, -0.2) is 4.98 Å². The smallest absolute Gasteiger partial charge is 0.188 e. The van der Waals surface area contributed by atoms with Gasteiger partial charge in [-0.1, -0.05) is 12.1 Å². The van der Waals surface area contributed by atoms with Crippen LogP contribution in [0.2, 0.25) is 0 Å². The number of hydrogen-bond donors (Lipinski definition) is 0. The average molecular weight is 223 g/mol. The Labute approximate surface area is 97.8 Å². The summed E-state index contributed by atoms with van der Waals surface area (Å²) in [5.74, 6) is 1.46. The third-order valence-electron chi connectivity index (χ3n) is 2.34. The van der Waals surface area contributed by atoms with Gasteiger partial charge in [0.15, 0.2) is 5.82 Å². The molecule has 5 nitrogen and oxygen atoms in total. The zero-order valence-corrected chi connectivity index (χ0v) is 8.93. The van der Waals surface area contributed by atoms with Crippen LogP contribution in [-0.2, 0) is 0 Å². The molecule has 0 unspecified atom stereocenters. The van der Waals surface area contributed by atoms with E-state index in [1.807, 2.05) is 41.0 Å². The summed E-state index contributed by atoms with van der Waals surface area (Å²) in [5.41, 5.74) is 0.774. The zero-order valence-electron chi connectivity index (χ0n) is 8.93. The Morgan fingerprint density at radius 3 is 2.41 bits per heavy atom. The van der Waals surface area contributed by atoms with E-state index in [4.69, 9.17) is 0 Å². The Balaban J connectivity index is 2.13. The Morgan fingerprint density at radius 1 is 0.882 bits per heavy atom. The second kappa shape index (κ2) is 4.13. The number of pyridine rings is 2. The molecule has 3 rings (SSSR count). The molecule has 3 aromatic heterocycles. The van der Waals surface area contributed by atoms with Gasteiger partial charge in [-0.15, -0.1) is 10.2 Å². The predicted octanol–water partition coefficient (Wildman–Crippen LogP) is 1.72. The molecule has 0 atom stereocenters. The lowest BCUT2D eigenvalue weighted by molar-refractivity contribution is 0.991. The molecule has 3 aromatic rings. The number of aromatic nitrogens is 5. The summed E-state index contributed by atoms with van der Waals surface area (Å²) in [6, 6.07) is 11.4. The van der Waals surface area contributed by atoms with Gasteiger partial charge in [0.05, 0.1) is 0 Å². The van der Waals surface area contributed by atoms with Crippen LogP contribution in [0.3, 0.4) is 0 Å². The SMILES string of the molecule is c1ccc(-c2nncn2-c2ccccn2)nc1. The molecule has 0 radical (unpaired) electrons. The number of hydrogen-bond acceptors (Lipinski definition) is 4. The van der Waals surface area contributed by atoms with Crippen LogP contribution in [0.5, 0.6) is 0 Å². The van der Waals surface area contributed by atoms with Crippen molar-refractivity contribution >= 4 is 0 Å². The molecule has 0 N–H and O–H groups in total. The summed E-state index contributed by atoms with van der Waals surface area (Å²) in [5, 5.41) is 7.98. The van der Waals surface area contributed by atoms with Crippen LogP contribution in [0.4, 0.5) is 0 Å². The standard InChI is InChI=1S/C12H9N5/c1-3-7-13-10(5-1)12-16-15-9-17(12)11-6-2-4-8-14-11/h1-9H. The maximum Gasteiger partial charge on any atom is 0.188 e. The Hall–Kier alpha value is -2.56. The maximum atomic E-state index is 4.26. The first-order chi connectivity index (χ1) is 8.45. The quantitative estimate of drug-likeness (QED) is 0.663. The van der Waals surface area contributed by atoms with Crippen LogP contribution in [0.15, 0.2) is 55.1 Å². The minimum absolute atomic E-state index is 0.685. The molecule has 0 saturated heterocycles. The molecule has 0 aromatic carbocycles. The molecule has 0 saturated carbocycles. The zero-order chi connectivity index (χ0) is 11.5. The van der Waals surface area contributed by atoms with Gasteiger partial charge >= 0.3 is 0 Å². The van der Waals surface area contributed by atoms with E-state index in [-0.39, 0.29) is 0 Å². The Bertz CT molecular complexity index is 549. The largest absolute Gasteiger partial charge is 0.264 e. The molecule has 82 valence electrons. The van der Waals surface area contributed by atoms with E-state index < -0.39 is 0 Å². The molecule has 5 heteroatoms. The Morgan fingerprint density at radius 2 is 1.71 bits per heavy atom. The van der Waals surface area contributed by atoms with Crippen molar-refractivity contribution in [3.05, 3.63) is 55.1 Å². The fourth-order valence-electron chi connectivity index (χ4n) is 1.57. The highest BCUT2D eigenvalue weighted by molar-refractivity contribution is 5.51. The van der Waals surface area contributed by atoms with Gasteiger partial charge in [-0.05, 0) is 24.3 Å². The van der Waals surface area contributed by atoms with Crippen molar-refractivity contribution in [2.75, 3.05) is 0 Å². The topological polar surface area (TPSA) is 56.5 Å². The molecular formula is C12H9N5. The third-order valence-corrected chi connectivity index (χ3v) is 2.34. The van der Waals surface area contributed by atoms with Crippen molar-refractivity contribution in [1.82, 2.24) is 24.7 Å². The van der Waals surface area contributed by atoms with Gasteiger partial charge in [0, 0.05) is 12.4 Å². The average Bonchev–Trinajstić information content (AvgIpc) is 2.90. The minimum atomic E-state index is 0.685. The van der Waals surface area contributed by atoms with Gasteiger partial charge in [-0.3, -0.25) is 9.55 Å². The van der Waals surface area contributed by atoms with Crippen LogP contribution in [-0.4, -0.2) is 24.7 Å². The molecule has 3 heterocycles. The third kappa shape index (κ3) is 1.78. The van der Waals surface area contributed by atoms with E-state index in [0.717, 1.165) is 11.5 Å². The van der Waals surface area contributed by atoms with Crippen molar-refractivity contribution in [3.8, 4) is 17.3 Å². The molecule has 0 bridgehead atoms. The molecular weight excluding hydrogens is 214 g/mol. The predicted molar refractivity (Wildman–Crippen MR) is 62.4 cm³/mol. The molecule has 0 amide bonds. The van der Waals surface area contributed by atoms with Crippen molar-refractivity contribution in [2.24, 2.45) is 0 Å². The minimum Gasteiger partial charge on any atom is -0.264 e. The second-order valence-electron chi connectivity index (χ2n) is 3.43. The highest BCUT2D eigenvalue weighted by Gasteiger charge is 2.09. The van der Waals surface area contributed by atoms with Crippen LogP contribution >= 0.6 is 0 Å². The highest BCUT2D eigenvalue weighted by atomic mass is 15.3. The molecule has 0 aliphatic rings.